The van der Waals surface area contributed by atoms with Crippen LogP contribution in [0.3, 0.4) is 0 Å². The van der Waals surface area contributed by atoms with Crippen molar-refractivity contribution >= 4 is 33.4 Å². The molecule has 0 saturated heterocycles. The van der Waals surface area contributed by atoms with E-state index in [2.05, 4.69) is 29.7 Å². The zero-order valence-electron chi connectivity index (χ0n) is 16.6. The molecule has 0 aliphatic rings. The Hall–Kier alpha value is -2.93. The van der Waals surface area contributed by atoms with Crippen LogP contribution in [-0.4, -0.2) is 23.4 Å². The number of thiazole rings is 1. The number of fused-ring (bicyclic) bond motifs is 1. The lowest BCUT2D eigenvalue weighted by Crippen LogP contribution is -2.41. The zero-order valence-corrected chi connectivity index (χ0v) is 17.4. The van der Waals surface area contributed by atoms with Gasteiger partial charge >= 0.3 is 0 Å². The molecule has 29 heavy (non-hydrogen) atoms. The molecule has 6 nitrogen and oxygen atoms in total. The van der Waals surface area contributed by atoms with Gasteiger partial charge in [0.1, 0.15) is 5.75 Å². The first-order chi connectivity index (χ1) is 14.0. The molecule has 3 aromatic rings. The average Bonchev–Trinajstić information content (AvgIpc) is 3.14. The third kappa shape index (κ3) is 6.29. The molecule has 2 aromatic carbocycles. The van der Waals surface area contributed by atoms with Gasteiger partial charge in [-0.15, -0.1) is 11.3 Å². The van der Waals surface area contributed by atoms with Crippen LogP contribution in [0.25, 0.3) is 10.2 Å². The molecule has 152 valence electrons. The molecular formula is C22H25N3O3S. The number of carbonyl (C=O) groups excluding carboxylic acids is 2. The number of para-hydroxylation sites is 1. The first kappa shape index (κ1) is 20.8. The van der Waals surface area contributed by atoms with Gasteiger partial charge in [-0.1, -0.05) is 26.0 Å². The molecule has 1 aromatic heterocycles. The minimum Gasteiger partial charge on any atom is -0.494 e. The summed E-state index contributed by atoms with van der Waals surface area (Å²) in [5.74, 6) is 0.679. The Morgan fingerprint density at radius 2 is 1.83 bits per heavy atom. The molecule has 0 atom stereocenters. The van der Waals surface area contributed by atoms with Gasteiger partial charge in [-0.05, 0) is 48.7 Å². The molecule has 0 radical (unpaired) electrons. The van der Waals surface area contributed by atoms with E-state index in [4.69, 9.17) is 4.74 Å². The number of benzene rings is 2. The zero-order chi connectivity index (χ0) is 20.6. The number of rotatable bonds is 8. The van der Waals surface area contributed by atoms with Crippen molar-refractivity contribution in [1.82, 2.24) is 15.8 Å². The number of carbonyl (C=O) groups is 2. The molecule has 0 unspecified atom stereocenters. The second kappa shape index (κ2) is 10.0. The molecule has 7 heteroatoms. The van der Waals surface area contributed by atoms with Gasteiger partial charge in [0.05, 0.1) is 21.8 Å². The fraction of sp³-hybridized carbons (Fsp3) is 0.318. The van der Waals surface area contributed by atoms with Gasteiger partial charge in [-0.2, -0.15) is 0 Å². The number of aryl methyl sites for hydroxylation is 1. The van der Waals surface area contributed by atoms with Crippen LogP contribution < -0.4 is 15.6 Å². The number of ether oxygens (including phenoxy) is 1. The predicted molar refractivity (Wildman–Crippen MR) is 115 cm³/mol. The quantitative estimate of drug-likeness (QED) is 0.547. The topological polar surface area (TPSA) is 80.3 Å². The standard InChI is InChI=1S/C22H25N3O3S/c1-15(2)13-14-28-17-9-7-16(8-10-17)22(27)25-24-20(26)11-12-21-23-18-5-3-4-6-19(18)29-21/h3-10,15H,11-14H2,1-2H3,(H,24,26)(H,25,27). The molecule has 0 spiro atoms. The largest absolute Gasteiger partial charge is 0.494 e. The van der Waals surface area contributed by atoms with Crippen LogP contribution in [0.4, 0.5) is 0 Å². The molecule has 0 fully saturated rings. The lowest BCUT2D eigenvalue weighted by Gasteiger charge is -2.09. The van der Waals surface area contributed by atoms with E-state index in [1.807, 2.05) is 24.3 Å². The third-order valence-electron chi connectivity index (χ3n) is 4.30. The first-order valence-corrected chi connectivity index (χ1v) is 10.5. The maximum atomic E-state index is 12.2. The minimum atomic E-state index is -0.368. The Labute approximate surface area is 174 Å². The summed E-state index contributed by atoms with van der Waals surface area (Å²) in [6.07, 6.45) is 1.76. The van der Waals surface area contributed by atoms with Crippen molar-refractivity contribution in [3.05, 3.63) is 59.1 Å². The first-order valence-electron chi connectivity index (χ1n) is 9.68. The number of aromatic nitrogens is 1. The fourth-order valence-corrected chi connectivity index (χ4v) is 3.59. The summed E-state index contributed by atoms with van der Waals surface area (Å²) in [5, 5.41) is 0.903. The SMILES string of the molecule is CC(C)CCOc1ccc(C(=O)NNC(=O)CCc2nc3ccccc3s2)cc1. The Kier molecular flexibility index (Phi) is 7.19. The molecule has 0 aliphatic heterocycles. The van der Waals surface area contributed by atoms with Crippen LogP contribution in [0.1, 0.15) is 42.1 Å². The van der Waals surface area contributed by atoms with Crippen molar-refractivity contribution in [3.8, 4) is 5.75 Å². The summed E-state index contributed by atoms with van der Waals surface area (Å²) >= 11 is 1.58. The van der Waals surface area contributed by atoms with E-state index in [0.29, 0.717) is 24.5 Å². The summed E-state index contributed by atoms with van der Waals surface area (Å²) in [6, 6.07) is 14.7. The Morgan fingerprint density at radius 3 is 2.55 bits per heavy atom. The highest BCUT2D eigenvalue weighted by molar-refractivity contribution is 7.18. The van der Waals surface area contributed by atoms with Crippen molar-refractivity contribution < 1.29 is 14.3 Å². The molecule has 0 aliphatic carbocycles. The number of hydrazine groups is 1. The maximum absolute atomic E-state index is 12.2. The number of nitrogens with zero attached hydrogens (tertiary/aromatic N) is 1. The summed E-state index contributed by atoms with van der Waals surface area (Å²) in [5.41, 5.74) is 6.29. The normalized spacial score (nSPS) is 10.9. The Morgan fingerprint density at radius 1 is 1.07 bits per heavy atom. The minimum absolute atomic E-state index is 0.253. The molecule has 3 rings (SSSR count). The van der Waals surface area contributed by atoms with Gasteiger partial charge in [0.2, 0.25) is 5.91 Å². The average molecular weight is 412 g/mol. The van der Waals surface area contributed by atoms with Crippen molar-refractivity contribution in [2.24, 2.45) is 5.92 Å². The summed E-state index contributed by atoms with van der Waals surface area (Å²) in [4.78, 5) is 28.7. The highest BCUT2D eigenvalue weighted by atomic mass is 32.1. The highest BCUT2D eigenvalue weighted by Gasteiger charge is 2.10. The fourth-order valence-electron chi connectivity index (χ4n) is 2.62. The second-order valence-corrected chi connectivity index (χ2v) is 8.25. The van der Waals surface area contributed by atoms with Crippen molar-refractivity contribution in [1.29, 1.82) is 0 Å². The molecule has 1 heterocycles. The second-order valence-electron chi connectivity index (χ2n) is 7.13. The van der Waals surface area contributed by atoms with E-state index < -0.39 is 0 Å². The van der Waals surface area contributed by atoms with Crippen LogP contribution in [-0.2, 0) is 11.2 Å². The van der Waals surface area contributed by atoms with Crippen LogP contribution in [0, 0.1) is 5.92 Å². The smallest absolute Gasteiger partial charge is 0.269 e. The molecular weight excluding hydrogens is 386 g/mol. The number of amides is 2. The molecule has 0 saturated carbocycles. The third-order valence-corrected chi connectivity index (χ3v) is 5.40. The lowest BCUT2D eigenvalue weighted by molar-refractivity contribution is -0.121. The number of hydrogen-bond acceptors (Lipinski definition) is 5. The molecule has 2 amide bonds. The van der Waals surface area contributed by atoms with Crippen LogP contribution in [0.15, 0.2) is 48.5 Å². The van der Waals surface area contributed by atoms with Gasteiger partial charge in [0.15, 0.2) is 0 Å². The van der Waals surface area contributed by atoms with Crippen molar-refractivity contribution in [2.75, 3.05) is 6.61 Å². The van der Waals surface area contributed by atoms with E-state index in [1.165, 1.54) is 0 Å². The lowest BCUT2D eigenvalue weighted by atomic mass is 10.1. The number of nitrogens with one attached hydrogen (secondary N) is 2. The molecule has 2 N–H and O–H groups in total. The van der Waals surface area contributed by atoms with Crippen LogP contribution in [0.2, 0.25) is 0 Å². The van der Waals surface area contributed by atoms with Crippen LogP contribution >= 0.6 is 11.3 Å². The van der Waals surface area contributed by atoms with E-state index >= 15 is 0 Å². The van der Waals surface area contributed by atoms with Crippen molar-refractivity contribution in [3.63, 3.8) is 0 Å². The van der Waals surface area contributed by atoms with Gasteiger partial charge < -0.3 is 4.74 Å². The highest BCUT2D eigenvalue weighted by Crippen LogP contribution is 2.22. The monoisotopic (exact) mass is 411 g/mol. The summed E-state index contributed by atoms with van der Waals surface area (Å²) < 4.78 is 6.74. The van der Waals surface area contributed by atoms with Crippen LogP contribution in [0.5, 0.6) is 5.75 Å². The van der Waals surface area contributed by atoms with Gasteiger partial charge in [-0.25, -0.2) is 4.98 Å². The van der Waals surface area contributed by atoms with Gasteiger partial charge in [-0.3, -0.25) is 20.4 Å². The summed E-state index contributed by atoms with van der Waals surface area (Å²) in [6.45, 7) is 4.93. The van der Waals surface area contributed by atoms with E-state index in [-0.39, 0.29) is 18.2 Å². The van der Waals surface area contributed by atoms with Crippen molar-refractivity contribution in [2.45, 2.75) is 33.1 Å². The maximum Gasteiger partial charge on any atom is 0.269 e. The van der Waals surface area contributed by atoms with Gasteiger partial charge in [0, 0.05) is 18.4 Å². The Balaban J connectivity index is 1.41. The van der Waals surface area contributed by atoms with E-state index in [1.54, 1.807) is 35.6 Å². The molecule has 0 bridgehead atoms. The van der Waals surface area contributed by atoms with E-state index in [0.717, 1.165) is 27.4 Å². The number of hydrogen-bond donors (Lipinski definition) is 2. The van der Waals surface area contributed by atoms with E-state index in [9.17, 15) is 9.59 Å². The summed E-state index contributed by atoms with van der Waals surface area (Å²) in [7, 11) is 0. The van der Waals surface area contributed by atoms with Gasteiger partial charge in [0.25, 0.3) is 5.91 Å². The predicted octanol–water partition coefficient (Wildman–Crippen LogP) is 4.12. The Bertz CT molecular complexity index is 934.